The number of carbonyl (C=O) groups is 3. The van der Waals surface area contributed by atoms with E-state index in [1.54, 1.807) is 20.2 Å². The Kier molecular flexibility index (Phi) is 7.46. The topological polar surface area (TPSA) is 168 Å². The van der Waals surface area contributed by atoms with Gasteiger partial charge in [0.05, 0.1) is 11.6 Å². The Bertz CT molecular complexity index is 1210. The van der Waals surface area contributed by atoms with Crippen LogP contribution in [0.1, 0.15) is 17.5 Å². The quantitative estimate of drug-likeness (QED) is 0.350. The molecule has 11 heteroatoms. The summed E-state index contributed by atoms with van der Waals surface area (Å²) in [4.78, 5) is 44.0. The molecule has 37 heavy (non-hydrogen) atoms. The third-order valence-electron chi connectivity index (χ3n) is 7.06. The monoisotopic (exact) mass is 516 g/mol. The van der Waals surface area contributed by atoms with Gasteiger partial charge in [-0.25, -0.2) is 0 Å². The van der Waals surface area contributed by atoms with Gasteiger partial charge in [-0.3, -0.25) is 19.3 Å². The molecule has 1 amide bonds. The second-order valence-electron chi connectivity index (χ2n) is 10.7. The van der Waals surface area contributed by atoms with Gasteiger partial charge in [0, 0.05) is 31.3 Å². The van der Waals surface area contributed by atoms with E-state index in [1.807, 2.05) is 45.0 Å². The fourth-order valence-corrected chi connectivity index (χ4v) is 5.65. The van der Waals surface area contributed by atoms with Crippen LogP contribution in [0.4, 0.5) is 5.69 Å². The molecule has 0 heterocycles. The number of aliphatic hydroxyl groups excluding tert-OH is 2. The van der Waals surface area contributed by atoms with Crippen molar-refractivity contribution in [2.24, 2.45) is 17.6 Å². The number of aromatic hydroxyl groups is 1. The summed E-state index contributed by atoms with van der Waals surface area (Å²) >= 11 is 0. The largest absolute Gasteiger partial charge is 0.508 e. The van der Waals surface area contributed by atoms with Crippen molar-refractivity contribution in [2.75, 3.05) is 54.2 Å². The maximum atomic E-state index is 13.7. The lowest BCUT2D eigenvalue weighted by Crippen LogP contribution is -2.65. The van der Waals surface area contributed by atoms with Crippen LogP contribution in [0.5, 0.6) is 5.75 Å². The van der Waals surface area contributed by atoms with Gasteiger partial charge in [0.25, 0.3) is 5.91 Å². The van der Waals surface area contributed by atoms with Crippen molar-refractivity contribution in [3.8, 4) is 5.75 Å². The van der Waals surface area contributed by atoms with Crippen LogP contribution in [-0.4, -0.2) is 109 Å². The number of Topliss-reactive ketones (excluding diaryl/α,β-unsaturated/α-hetero) is 2. The number of nitrogens with zero attached hydrogens (tertiary/aromatic N) is 3. The van der Waals surface area contributed by atoms with Gasteiger partial charge in [0.15, 0.2) is 11.4 Å². The Morgan fingerprint density at radius 3 is 2.08 bits per heavy atom. The highest BCUT2D eigenvalue weighted by Gasteiger charge is 2.64. The minimum Gasteiger partial charge on any atom is -0.508 e. The van der Waals surface area contributed by atoms with Crippen molar-refractivity contribution in [3.05, 3.63) is 40.2 Å². The van der Waals surface area contributed by atoms with E-state index in [-0.39, 0.29) is 29.7 Å². The Balaban J connectivity index is 0.000000886. The summed E-state index contributed by atoms with van der Waals surface area (Å²) in [6.07, 6.45) is 0.324. The summed E-state index contributed by atoms with van der Waals surface area (Å²) in [6, 6.07) is 2.01. The molecule has 4 atom stereocenters. The van der Waals surface area contributed by atoms with E-state index in [4.69, 9.17) is 5.73 Å². The molecule has 4 rings (SSSR count). The summed E-state index contributed by atoms with van der Waals surface area (Å²) in [5.41, 5.74) is 3.15. The van der Waals surface area contributed by atoms with Crippen LogP contribution in [-0.2, 0) is 20.8 Å². The first-order valence-corrected chi connectivity index (χ1v) is 11.8. The zero-order valence-electron chi connectivity index (χ0n) is 22.2. The Hall–Kier alpha value is -3.41. The van der Waals surface area contributed by atoms with Crippen LogP contribution in [0.2, 0.25) is 0 Å². The number of carbonyl (C=O) groups excluding carboxylic acids is 3. The van der Waals surface area contributed by atoms with Crippen molar-refractivity contribution in [3.63, 3.8) is 0 Å². The lowest BCUT2D eigenvalue weighted by atomic mass is 9.57. The minimum absolute atomic E-state index is 0.0638. The number of rotatable bonds is 3. The predicted molar refractivity (Wildman–Crippen MR) is 138 cm³/mol. The maximum Gasteiger partial charge on any atom is 0.255 e. The Morgan fingerprint density at radius 1 is 1.03 bits per heavy atom. The van der Waals surface area contributed by atoms with Gasteiger partial charge in [-0.2, -0.15) is 0 Å². The number of aliphatic hydroxyl groups is 3. The molecule has 1 saturated carbocycles. The molecule has 0 bridgehead atoms. The fourth-order valence-electron chi connectivity index (χ4n) is 5.65. The van der Waals surface area contributed by atoms with Crippen molar-refractivity contribution >= 4 is 28.9 Å². The zero-order chi connectivity index (χ0) is 28.1. The minimum atomic E-state index is -2.63. The van der Waals surface area contributed by atoms with Crippen LogP contribution in [0.25, 0.3) is 5.76 Å². The van der Waals surface area contributed by atoms with Crippen molar-refractivity contribution in [1.82, 2.24) is 9.80 Å². The number of hydrogen-bond donors (Lipinski definition) is 5. The van der Waals surface area contributed by atoms with Crippen LogP contribution < -0.4 is 10.6 Å². The lowest BCUT2D eigenvalue weighted by molar-refractivity contribution is -0.153. The molecule has 0 spiro atoms. The van der Waals surface area contributed by atoms with Crippen molar-refractivity contribution in [1.29, 1.82) is 0 Å². The molecule has 3 aliphatic carbocycles. The molecule has 6 N–H and O–H groups in total. The molecule has 1 fully saturated rings. The van der Waals surface area contributed by atoms with Crippen LogP contribution in [0, 0.1) is 11.8 Å². The fraction of sp³-hybridized carbons (Fsp3) is 0.500. The average Bonchev–Trinajstić information content (AvgIpc) is 2.75. The summed E-state index contributed by atoms with van der Waals surface area (Å²) < 4.78 is 0. The number of phenolic OH excluding ortho intramolecular Hbond substituents is 1. The number of primary amides is 1. The van der Waals surface area contributed by atoms with Gasteiger partial charge < -0.3 is 36.0 Å². The number of fused-ring (bicyclic) bond motifs is 3. The van der Waals surface area contributed by atoms with Crippen LogP contribution >= 0.6 is 0 Å². The number of amides is 1. The lowest BCUT2D eigenvalue weighted by Gasteiger charge is -2.50. The number of phenols is 1. The van der Waals surface area contributed by atoms with E-state index in [2.05, 4.69) is 0 Å². The molecular weight excluding hydrogens is 480 g/mol. The van der Waals surface area contributed by atoms with E-state index < -0.39 is 58.0 Å². The molecule has 0 radical (unpaired) electrons. The highest BCUT2D eigenvalue weighted by Crippen LogP contribution is 2.53. The normalized spacial score (nSPS) is 26.9. The zero-order valence-corrected chi connectivity index (χ0v) is 22.2. The number of ketones is 2. The highest BCUT2D eigenvalue weighted by atomic mass is 16.3. The standard InChI is InChI=1S/C23H27N3O7.C3H9N/c1-25(2)12-5-6-13(27)15-10(12)7-9-8-11-17(26(3)4)19(29)16(22(24)32)21(31)23(11,33)20(30)14(9)18(15)28;1-4(2)3/h5-6,9,11,17,27-28,31,33H,7-8H2,1-4H3,(H2,24,32);1-3H3/t9-,11+,17-,23-;/m0./s1. The number of likely N-dealkylation sites (N-methyl/N-ethyl adjacent to an activating group) is 1. The third kappa shape index (κ3) is 4.36. The number of anilines is 1. The maximum absolute atomic E-state index is 13.7. The molecule has 0 aliphatic heterocycles. The van der Waals surface area contributed by atoms with Crippen molar-refractivity contribution in [2.45, 2.75) is 24.5 Å². The van der Waals surface area contributed by atoms with Crippen LogP contribution in [0.15, 0.2) is 29.0 Å². The second-order valence-corrected chi connectivity index (χ2v) is 10.7. The molecule has 1 aromatic carbocycles. The molecule has 0 aromatic heterocycles. The second kappa shape index (κ2) is 9.81. The summed E-state index contributed by atoms with van der Waals surface area (Å²) in [7, 11) is 12.7. The molecule has 11 nitrogen and oxygen atoms in total. The Labute approximate surface area is 216 Å². The first kappa shape index (κ1) is 28.2. The van der Waals surface area contributed by atoms with Gasteiger partial charge in [-0.15, -0.1) is 0 Å². The molecular formula is C26H36N4O7. The summed E-state index contributed by atoms with van der Waals surface area (Å²) in [5.74, 6) is -6.54. The number of hydrogen-bond acceptors (Lipinski definition) is 10. The van der Waals surface area contributed by atoms with E-state index in [0.717, 1.165) is 5.69 Å². The number of benzene rings is 1. The molecule has 3 aliphatic rings. The van der Waals surface area contributed by atoms with E-state index >= 15 is 0 Å². The molecule has 1 aromatic rings. The summed E-state index contributed by atoms with van der Waals surface area (Å²) in [6.45, 7) is 0. The Morgan fingerprint density at radius 2 is 1.59 bits per heavy atom. The SMILES string of the molecule is CN(C)C.CN(C)c1ccc(O)c2c1C[C@H]1C[C@@H]3[C@H](N(C)C)C(=O)C(C(N)=O)=C(O)[C@@]3(O)C(=O)C1=C2O. The van der Waals surface area contributed by atoms with Gasteiger partial charge >= 0.3 is 0 Å². The van der Waals surface area contributed by atoms with E-state index in [9.17, 15) is 34.8 Å². The number of nitrogens with two attached hydrogens (primary N) is 1. The first-order chi connectivity index (χ1) is 17.1. The highest BCUT2D eigenvalue weighted by molar-refractivity contribution is 6.24. The molecule has 0 saturated heterocycles. The van der Waals surface area contributed by atoms with Crippen LogP contribution in [0.3, 0.4) is 0 Å². The smallest absolute Gasteiger partial charge is 0.255 e. The first-order valence-electron chi connectivity index (χ1n) is 11.8. The van der Waals surface area contributed by atoms with Crippen molar-refractivity contribution < 1.29 is 34.8 Å². The average molecular weight is 517 g/mol. The van der Waals surface area contributed by atoms with E-state index in [0.29, 0.717) is 5.56 Å². The van der Waals surface area contributed by atoms with Gasteiger partial charge in [-0.05, 0) is 71.7 Å². The van der Waals surface area contributed by atoms with Gasteiger partial charge in [-0.1, -0.05) is 0 Å². The van der Waals surface area contributed by atoms with Gasteiger partial charge in [0.2, 0.25) is 5.78 Å². The molecule has 0 unspecified atom stereocenters. The predicted octanol–water partition coefficient (Wildman–Crippen LogP) is 0.208. The molecule has 202 valence electrons. The van der Waals surface area contributed by atoms with E-state index in [1.165, 1.54) is 11.0 Å². The third-order valence-corrected chi connectivity index (χ3v) is 7.06. The summed E-state index contributed by atoms with van der Waals surface area (Å²) in [5, 5.41) is 43.9. The van der Waals surface area contributed by atoms with Gasteiger partial charge in [0.1, 0.15) is 22.8 Å².